The van der Waals surface area contributed by atoms with Gasteiger partial charge < -0.3 is 4.42 Å². The van der Waals surface area contributed by atoms with Crippen LogP contribution in [-0.2, 0) is 0 Å². The van der Waals surface area contributed by atoms with Crippen molar-refractivity contribution in [3.63, 3.8) is 0 Å². The Balaban J connectivity index is 1.82. The number of para-hydroxylation sites is 1. The molecular weight excluding hydrogens is 282 g/mol. The first-order valence-corrected chi connectivity index (χ1v) is 7.65. The molecule has 0 bridgehead atoms. The van der Waals surface area contributed by atoms with E-state index in [0.717, 1.165) is 32.8 Å². The monoisotopic (exact) mass is 295 g/mol. The number of benzene rings is 3. The first-order valence-electron chi connectivity index (χ1n) is 7.65. The van der Waals surface area contributed by atoms with E-state index in [1.165, 1.54) is 11.1 Å². The molecule has 0 aliphatic carbocycles. The summed E-state index contributed by atoms with van der Waals surface area (Å²) in [6.45, 7) is 0. The van der Waals surface area contributed by atoms with E-state index >= 15 is 0 Å². The third-order valence-electron chi connectivity index (χ3n) is 4.32. The van der Waals surface area contributed by atoms with Crippen LogP contribution in [0.5, 0.6) is 0 Å². The van der Waals surface area contributed by atoms with Gasteiger partial charge in [-0.25, -0.2) is 0 Å². The number of rotatable bonds is 1. The van der Waals surface area contributed by atoms with Crippen LogP contribution in [0.25, 0.3) is 44.0 Å². The van der Waals surface area contributed by atoms with Crippen LogP contribution in [-0.4, -0.2) is 4.98 Å². The molecule has 0 spiro atoms. The minimum atomic E-state index is 0.906. The van der Waals surface area contributed by atoms with Gasteiger partial charge in [0.15, 0.2) is 0 Å². The van der Waals surface area contributed by atoms with Crippen molar-refractivity contribution in [2.75, 3.05) is 0 Å². The van der Waals surface area contributed by atoms with Crippen molar-refractivity contribution in [2.24, 2.45) is 0 Å². The molecule has 0 saturated heterocycles. The maximum atomic E-state index is 6.07. The van der Waals surface area contributed by atoms with E-state index in [1.807, 2.05) is 30.5 Å². The summed E-state index contributed by atoms with van der Waals surface area (Å²) in [5, 5.41) is 3.24. The van der Waals surface area contributed by atoms with Gasteiger partial charge in [0.1, 0.15) is 11.2 Å². The van der Waals surface area contributed by atoms with E-state index in [2.05, 4.69) is 53.5 Å². The molecule has 0 radical (unpaired) electrons. The van der Waals surface area contributed by atoms with Crippen LogP contribution in [0.15, 0.2) is 83.4 Å². The quantitative estimate of drug-likeness (QED) is 0.390. The summed E-state index contributed by atoms with van der Waals surface area (Å²) in [6, 6.07) is 24.8. The molecule has 23 heavy (non-hydrogen) atoms. The van der Waals surface area contributed by atoms with Crippen molar-refractivity contribution >= 4 is 32.8 Å². The Morgan fingerprint density at radius 3 is 2.39 bits per heavy atom. The second-order valence-electron chi connectivity index (χ2n) is 5.70. The maximum absolute atomic E-state index is 6.07. The van der Waals surface area contributed by atoms with Crippen LogP contribution in [0.1, 0.15) is 0 Å². The number of furan rings is 1. The summed E-state index contributed by atoms with van der Waals surface area (Å²) >= 11 is 0. The number of hydrogen-bond acceptors (Lipinski definition) is 2. The van der Waals surface area contributed by atoms with Gasteiger partial charge in [-0.2, -0.15) is 0 Å². The molecule has 2 heterocycles. The molecule has 3 aromatic carbocycles. The fraction of sp³-hybridized carbons (Fsp3) is 0. The Morgan fingerprint density at radius 1 is 0.652 bits per heavy atom. The van der Waals surface area contributed by atoms with Crippen molar-refractivity contribution in [1.29, 1.82) is 0 Å². The fourth-order valence-corrected chi connectivity index (χ4v) is 3.17. The second-order valence-corrected chi connectivity index (χ2v) is 5.70. The highest BCUT2D eigenvalue weighted by molar-refractivity contribution is 6.13. The topological polar surface area (TPSA) is 26.0 Å². The molecule has 5 aromatic rings. The number of aromatic nitrogens is 1. The smallest absolute Gasteiger partial charge is 0.146 e. The largest absolute Gasteiger partial charge is 0.455 e. The third kappa shape index (κ3) is 1.85. The highest BCUT2D eigenvalue weighted by atomic mass is 16.3. The van der Waals surface area contributed by atoms with E-state index in [0.29, 0.717) is 0 Å². The lowest BCUT2D eigenvalue weighted by Crippen LogP contribution is -1.82. The first kappa shape index (κ1) is 12.4. The Kier molecular flexibility index (Phi) is 2.53. The molecule has 0 unspecified atom stereocenters. The molecule has 0 fully saturated rings. The SMILES string of the molecule is c1ccc(-c2ccc3c(c2)ncc2c4ccccc4oc32)cc1. The normalized spacial score (nSPS) is 11.5. The van der Waals surface area contributed by atoms with E-state index in [-0.39, 0.29) is 0 Å². The highest BCUT2D eigenvalue weighted by Gasteiger charge is 2.11. The lowest BCUT2D eigenvalue weighted by molar-refractivity contribution is 0.672. The molecule has 0 aliphatic heterocycles. The van der Waals surface area contributed by atoms with Gasteiger partial charge in [-0.1, -0.05) is 54.6 Å². The van der Waals surface area contributed by atoms with Gasteiger partial charge in [0.05, 0.1) is 5.52 Å². The van der Waals surface area contributed by atoms with E-state index in [9.17, 15) is 0 Å². The molecule has 2 aromatic heterocycles. The van der Waals surface area contributed by atoms with Crippen molar-refractivity contribution in [2.45, 2.75) is 0 Å². The Morgan fingerprint density at radius 2 is 1.48 bits per heavy atom. The summed E-state index contributed by atoms with van der Waals surface area (Å²) in [7, 11) is 0. The van der Waals surface area contributed by atoms with Gasteiger partial charge in [0.25, 0.3) is 0 Å². The standard InChI is InChI=1S/C21H13NO/c1-2-6-14(7-3-1)15-10-11-17-19(12-15)22-13-18-16-8-4-5-9-20(16)23-21(17)18/h1-13H. The molecular formula is C21H13NO. The fourth-order valence-electron chi connectivity index (χ4n) is 3.17. The Labute approximate surface area is 133 Å². The van der Waals surface area contributed by atoms with Crippen molar-refractivity contribution in [3.05, 3.63) is 79.0 Å². The lowest BCUT2D eigenvalue weighted by atomic mass is 10.0. The van der Waals surface area contributed by atoms with Crippen LogP contribution >= 0.6 is 0 Å². The molecule has 108 valence electrons. The predicted octanol–water partition coefficient (Wildman–Crippen LogP) is 5.80. The number of pyridine rings is 1. The summed E-state index contributed by atoms with van der Waals surface area (Å²) in [6.07, 6.45) is 1.91. The Hall–Kier alpha value is -3.13. The van der Waals surface area contributed by atoms with Gasteiger partial charge in [-0.05, 0) is 29.3 Å². The minimum Gasteiger partial charge on any atom is -0.455 e. The molecule has 0 amide bonds. The van der Waals surface area contributed by atoms with Gasteiger partial charge in [-0.3, -0.25) is 4.98 Å². The van der Waals surface area contributed by atoms with Crippen LogP contribution in [0.2, 0.25) is 0 Å². The van der Waals surface area contributed by atoms with Gasteiger partial charge in [0, 0.05) is 22.4 Å². The average molecular weight is 295 g/mol. The van der Waals surface area contributed by atoms with Crippen LogP contribution in [0, 0.1) is 0 Å². The summed E-state index contributed by atoms with van der Waals surface area (Å²) in [5.74, 6) is 0. The molecule has 5 rings (SSSR count). The van der Waals surface area contributed by atoms with Crippen molar-refractivity contribution < 1.29 is 4.42 Å². The van der Waals surface area contributed by atoms with Gasteiger partial charge >= 0.3 is 0 Å². The van der Waals surface area contributed by atoms with E-state index in [1.54, 1.807) is 0 Å². The maximum Gasteiger partial charge on any atom is 0.146 e. The zero-order chi connectivity index (χ0) is 15.2. The zero-order valence-corrected chi connectivity index (χ0v) is 12.4. The molecule has 2 nitrogen and oxygen atoms in total. The third-order valence-corrected chi connectivity index (χ3v) is 4.32. The first-order chi connectivity index (χ1) is 11.4. The second kappa shape index (κ2) is 4.68. The van der Waals surface area contributed by atoms with Gasteiger partial charge in [0.2, 0.25) is 0 Å². The number of hydrogen-bond donors (Lipinski definition) is 0. The molecule has 0 N–H and O–H groups in total. The number of nitrogens with zero attached hydrogens (tertiary/aromatic N) is 1. The van der Waals surface area contributed by atoms with Crippen LogP contribution in [0.4, 0.5) is 0 Å². The zero-order valence-electron chi connectivity index (χ0n) is 12.4. The Bertz CT molecular complexity index is 1160. The van der Waals surface area contributed by atoms with Crippen molar-refractivity contribution in [3.8, 4) is 11.1 Å². The molecule has 0 atom stereocenters. The molecule has 2 heteroatoms. The molecule has 0 saturated carbocycles. The predicted molar refractivity (Wildman–Crippen MR) is 94.5 cm³/mol. The highest BCUT2D eigenvalue weighted by Crippen LogP contribution is 2.34. The average Bonchev–Trinajstić information content (AvgIpc) is 3.01. The van der Waals surface area contributed by atoms with Crippen LogP contribution in [0.3, 0.4) is 0 Å². The number of fused-ring (bicyclic) bond motifs is 5. The van der Waals surface area contributed by atoms with E-state index in [4.69, 9.17) is 4.42 Å². The van der Waals surface area contributed by atoms with Crippen molar-refractivity contribution in [1.82, 2.24) is 4.98 Å². The summed E-state index contributed by atoms with van der Waals surface area (Å²) in [5.41, 5.74) is 5.14. The summed E-state index contributed by atoms with van der Waals surface area (Å²) < 4.78 is 6.07. The van der Waals surface area contributed by atoms with Crippen LogP contribution < -0.4 is 0 Å². The minimum absolute atomic E-state index is 0.906. The van der Waals surface area contributed by atoms with E-state index < -0.39 is 0 Å². The summed E-state index contributed by atoms with van der Waals surface area (Å²) in [4.78, 5) is 4.66. The van der Waals surface area contributed by atoms with Gasteiger partial charge in [-0.15, -0.1) is 0 Å². The lowest BCUT2D eigenvalue weighted by Gasteiger charge is -2.04. The molecule has 0 aliphatic rings.